The van der Waals surface area contributed by atoms with Crippen molar-refractivity contribution in [2.45, 2.75) is 53.2 Å². The summed E-state index contributed by atoms with van der Waals surface area (Å²) in [6.45, 7) is 10.9. The summed E-state index contributed by atoms with van der Waals surface area (Å²) in [4.78, 5) is 0. The summed E-state index contributed by atoms with van der Waals surface area (Å²) in [5.74, 6) is 0. The van der Waals surface area contributed by atoms with Gasteiger partial charge in [-0.1, -0.05) is 32.9 Å². The maximum absolute atomic E-state index is 8.76. The van der Waals surface area contributed by atoms with E-state index in [-0.39, 0.29) is 6.61 Å². The van der Waals surface area contributed by atoms with Crippen LogP contribution in [0.25, 0.3) is 0 Å². The summed E-state index contributed by atoms with van der Waals surface area (Å²) in [5.41, 5.74) is 1.66. The third-order valence-corrected chi connectivity index (χ3v) is 4.64. The fraction of sp³-hybridized carbons (Fsp3) is 0.846. The standard InChI is InChI=1S/C13H24N4O/c1-12(2)11(13(12,3)4)14-8-10-9-17(16-15-10)6-5-7-18/h9,11,14,18H,5-8H2,1-4H3. The second-order valence-corrected chi connectivity index (χ2v) is 6.31. The number of aliphatic hydroxyl groups excluding tert-OH is 1. The summed E-state index contributed by atoms with van der Waals surface area (Å²) in [6.07, 6.45) is 2.67. The van der Waals surface area contributed by atoms with Gasteiger partial charge in [-0.15, -0.1) is 5.10 Å². The number of aliphatic hydroxyl groups is 1. The zero-order valence-corrected chi connectivity index (χ0v) is 11.8. The maximum atomic E-state index is 8.76. The summed E-state index contributed by atoms with van der Waals surface area (Å²) >= 11 is 0. The average Bonchev–Trinajstić information content (AvgIpc) is 2.68. The molecule has 0 radical (unpaired) electrons. The highest BCUT2D eigenvalue weighted by atomic mass is 16.3. The van der Waals surface area contributed by atoms with E-state index in [1.807, 2.05) is 6.20 Å². The topological polar surface area (TPSA) is 63.0 Å². The first-order chi connectivity index (χ1) is 8.39. The van der Waals surface area contributed by atoms with Gasteiger partial charge in [0, 0.05) is 31.9 Å². The Morgan fingerprint density at radius 3 is 2.56 bits per heavy atom. The van der Waals surface area contributed by atoms with Crippen molar-refractivity contribution in [3.63, 3.8) is 0 Å². The molecule has 1 aromatic rings. The van der Waals surface area contributed by atoms with Crippen molar-refractivity contribution >= 4 is 0 Å². The lowest BCUT2D eigenvalue weighted by molar-refractivity contribution is 0.276. The van der Waals surface area contributed by atoms with Gasteiger partial charge in [-0.05, 0) is 17.3 Å². The first kappa shape index (κ1) is 13.5. The van der Waals surface area contributed by atoms with Crippen molar-refractivity contribution in [1.82, 2.24) is 20.3 Å². The molecule has 0 saturated heterocycles. The van der Waals surface area contributed by atoms with Gasteiger partial charge in [0.05, 0.1) is 5.69 Å². The molecule has 5 heteroatoms. The lowest BCUT2D eigenvalue weighted by Crippen LogP contribution is -2.21. The van der Waals surface area contributed by atoms with E-state index < -0.39 is 0 Å². The zero-order valence-electron chi connectivity index (χ0n) is 11.8. The predicted molar refractivity (Wildman–Crippen MR) is 69.9 cm³/mol. The maximum Gasteiger partial charge on any atom is 0.0964 e. The van der Waals surface area contributed by atoms with Crippen molar-refractivity contribution in [1.29, 1.82) is 0 Å². The van der Waals surface area contributed by atoms with Crippen LogP contribution in [0.3, 0.4) is 0 Å². The van der Waals surface area contributed by atoms with E-state index in [2.05, 4.69) is 43.3 Å². The molecule has 1 aliphatic rings. The van der Waals surface area contributed by atoms with Crippen molar-refractivity contribution in [3.05, 3.63) is 11.9 Å². The number of hydrogen-bond donors (Lipinski definition) is 2. The minimum Gasteiger partial charge on any atom is -0.396 e. The van der Waals surface area contributed by atoms with Gasteiger partial charge in [0.1, 0.15) is 0 Å². The fourth-order valence-electron chi connectivity index (χ4n) is 2.67. The Morgan fingerprint density at radius 2 is 2.00 bits per heavy atom. The van der Waals surface area contributed by atoms with Gasteiger partial charge in [-0.25, -0.2) is 0 Å². The Balaban J connectivity index is 1.83. The molecule has 1 heterocycles. The zero-order chi connectivity index (χ0) is 13.4. The second-order valence-electron chi connectivity index (χ2n) is 6.31. The van der Waals surface area contributed by atoms with Crippen LogP contribution in [0.2, 0.25) is 0 Å². The molecule has 0 aromatic carbocycles. The molecule has 1 fully saturated rings. The highest BCUT2D eigenvalue weighted by Gasteiger charge is 2.64. The summed E-state index contributed by atoms with van der Waals surface area (Å²) in [7, 11) is 0. The molecule has 0 atom stereocenters. The molecule has 102 valence electrons. The molecular formula is C13H24N4O. The minimum atomic E-state index is 0.192. The van der Waals surface area contributed by atoms with Gasteiger partial charge >= 0.3 is 0 Å². The van der Waals surface area contributed by atoms with Crippen LogP contribution in [0, 0.1) is 10.8 Å². The first-order valence-electron chi connectivity index (χ1n) is 6.63. The van der Waals surface area contributed by atoms with Crippen LogP contribution in [-0.4, -0.2) is 32.7 Å². The van der Waals surface area contributed by atoms with Crippen molar-refractivity contribution in [2.24, 2.45) is 10.8 Å². The Kier molecular flexibility index (Phi) is 3.47. The van der Waals surface area contributed by atoms with Gasteiger partial charge in [-0.2, -0.15) is 0 Å². The number of aryl methyl sites for hydroxylation is 1. The number of rotatable bonds is 6. The molecule has 2 rings (SSSR count). The highest BCUT2D eigenvalue weighted by molar-refractivity contribution is 5.18. The van der Waals surface area contributed by atoms with Gasteiger partial charge in [0.15, 0.2) is 0 Å². The van der Waals surface area contributed by atoms with E-state index in [9.17, 15) is 0 Å². The van der Waals surface area contributed by atoms with Gasteiger partial charge < -0.3 is 10.4 Å². The third kappa shape index (κ3) is 2.29. The SMILES string of the molecule is CC1(C)C(NCc2cn(CCCO)nn2)C1(C)C. The van der Waals surface area contributed by atoms with Crippen LogP contribution in [0.15, 0.2) is 6.20 Å². The van der Waals surface area contributed by atoms with Crippen LogP contribution in [-0.2, 0) is 13.1 Å². The lowest BCUT2D eigenvalue weighted by Gasteiger charge is -2.03. The van der Waals surface area contributed by atoms with Gasteiger partial charge in [0.25, 0.3) is 0 Å². The minimum absolute atomic E-state index is 0.192. The van der Waals surface area contributed by atoms with Crippen LogP contribution in [0.4, 0.5) is 0 Å². The molecule has 1 aliphatic carbocycles. The van der Waals surface area contributed by atoms with E-state index in [1.54, 1.807) is 4.68 Å². The molecule has 1 aromatic heterocycles. The highest BCUT2D eigenvalue weighted by Crippen LogP contribution is 2.62. The average molecular weight is 252 g/mol. The molecule has 0 spiro atoms. The lowest BCUT2D eigenvalue weighted by atomic mass is 10.0. The second kappa shape index (κ2) is 4.63. The van der Waals surface area contributed by atoms with E-state index in [0.717, 1.165) is 25.2 Å². The monoisotopic (exact) mass is 252 g/mol. The van der Waals surface area contributed by atoms with Crippen LogP contribution >= 0.6 is 0 Å². The Labute approximate surface area is 109 Å². The predicted octanol–water partition coefficient (Wildman–Crippen LogP) is 1.18. The number of nitrogens with one attached hydrogen (secondary N) is 1. The first-order valence-corrected chi connectivity index (χ1v) is 6.63. The molecule has 0 amide bonds. The molecule has 0 unspecified atom stereocenters. The third-order valence-electron chi connectivity index (χ3n) is 4.64. The number of nitrogens with zero attached hydrogens (tertiary/aromatic N) is 3. The summed E-state index contributed by atoms with van der Waals surface area (Å²) in [5, 5.41) is 20.5. The van der Waals surface area contributed by atoms with Crippen molar-refractivity contribution in [2.75, 3.05) is 6.61 Å². The van der Waals surface area contributed by atoms with E-state index >= 15 is 0 Å². The summed E-state index contributed by atoms with van der Waals surface area (Å²) < 4.78 is 1.79. The van der Waals surface area contributed by atoms with Gasteiger partial charge in [-0.3, -0.25) is 4.68 Å². The summed E-state index contributed by atoms with van der Waals surface area (Å²) in [6, 6.07) is 0.535. The number of aromatic nitrogens is 3. The van der Waals surface area contributed by atoms with Crippen LogP contribution < -0.4 is 5.32 Å². The smallest absolute Gasteiger partial charge is 0.0964 e. The van der Waals surface area contributed by atoms with Crippen molar-refractivity contribution in [3.8, 4) is 0 Å². The molecule has 18 heavy (non-hydrogen) atoms. The quantitative estimate of drug-likeness (QED) is 0.798. The molecule has 1 saturated carbocycles. The largest absolute Gasteiger partial charge is 0.396 e. The Hall–Kier alpha value is -0.940. The molecule has 5 nitrogen and oxygen atoms in total. The molecule has 0 bridgehead atoms. The fourth-order valence-corrected chi connectivity index (χ4v) is 2.67. The molecule has 2 N–H and O–H groups in total. The van der Waals surface area contributed by atoms with E-state index in [1.165, 1.54) is 0 Å². The molecule has 0 aliphatic heterocycles. The van der Waals surface area contributed by atoms with Crippen LogP contribution in [0.1, 0.15) is 39.8 Å². The van der Waals surface area contributed by atoms with E-state index in [4.69, 9.17) is 5.11 Å². The van der Waals surface area contributed by atoms with Gasteiger partial charge in [0.2, 0.25) is 0 Å². The van der Waals surface area contributed by atoms with Crippen molar-refractivity contribution < 1.29 is 5.11 Å². The normalized spacial score (nSPS) is 21.2. The molecular weight excluding hydrogens is 228 g/mol. The van der Waals surface area contributed by atoms with E-state index in [0.29, 0.717) is 16.9 Å². The Morgan fingerprint density at radius 1 is 1.33 bits per heavy atom. The number of hydrogen-bond acceptors (Lipinski definition) is 4. The Bertz CT molecular complexity index is 397. The van der Waals surface area contributed by atoms with Crippen LogP contribution in [0.5, 0.6) is 0 Å².